The molecule has 2 fully saturated rings. The highest BCUT2D eigenvalue weighted by molar-refractivity contribution is 5.78. The lowest BCUT2D eigenvalue weighted by molar-refractivity contribution is -0.133. The van der Waals surface area contributed by atoms with E-state index >= 15 is 0 Å². The van der Waals surface area contributed by atoms with Crippen LogP contribution in [0, 0.1) is 0 Å². The number of hydrogen-bond acceptors (Lipinski definition) is 4. The highest BCUT2D eigenvalue weighted by atomic mass is 16.2. The summed E-state index contributed by atoms with van der Waals surface area (Å²) in [6.07, 6.45) is 2.30. The Morgan fingerprint density at radius 1 is 0.964 bits per heavy atom. The smallest absolute Gasteiger partial charge is 0.236 e. The van der Waals surface area contributed by atoms with Crippen LogP contribution in [0.3, 0.4) is 0 Å². The Labute approximate surface area is 168 Å². The van der Waals surface area contributed by atoms with Crippen molar-refractivity contribution in [1.82, 2.24) is 20.0 Å². The molecule has 1 N–H and O–H groups in total. The van der Waals surface area contributed by atoms with Crippen LogP contribution in [0.25, 0.3) is 0 Å². The van der Waals surface area contributed by atoms with Crippen LogP contribution in [0.2, 0.25) is 0 Å². The van der Waals surface area contributed by atoms with Gasteiger partial charge in [0.15, 0.2) is 0 Å². The SMILES string of the molecule is CCN(CC)C(=O)CN1CCN(CC(=O)NCC2(c3ccccc3)CC2)CC1. The van der Waals surface area contributed by atoms with Gasteiger partial charge in [-0.05, 0) is 32.3 Å². The summed E-state index contributed by atoms with van der Waals surface area (Å²) in [5.74, 6) is 0.307. The van der Waals surface area contributed by atoms with E-state index in [0.29, 0.717) is 13.1 Å². The molecule has 3 rings (SSSR count). The molecule has 0 bridgehead atoms. The number of carbonyl (C=O) groups excluding carboxylic acids is 2. The summed E-state index contributed by atoms with van der Waals surface area (Å²) in [5, 5.41) is 3.15. The molecule has 1 aliphatic carbocycles. The number of piperazine rings is 1. The molecule has 1 aromatic carbocycles. The second kappa shape index (κ2) is 9.52. The second-order valence-corrected chi connectivity index (χ2v) is 8.04. The maximum absolute atomic E-state index is 12.4. The Kier molecular flexibility index (Phi) is 7.08. The maximum atomic E-state index is 12.4. The average molecular weight is 387 g/mol. The van der Waals surface area contributed by atoms with Gasteiger partial charge >= 0.3 is 0 Å². The van der Waals surface area contributed by atoms with Crippen molar-refractivity contribution < 1.29 is 9.59 Å². The van der Waals surface area contributed by atoms with Crippen LogP contribution < -0.4 is 5.32 Å². The summed E-state index contributed by atoms with van der Waals surface area (Å²) >= 11 is 0. The number of carbonyl (C=O) groups is 2. The number of nitrogens with one attached hydrogen (secondary N) is 1. The Morgan fingerprint density at radius 2 is 1.54 bits per heavy atom. The van der Waals surface area contributed by atoms with Crippen molar-refractivity contribution in [3.63, 3.8) is 0 Å². The van der Waals surface area contributed by atoms with Crippen molar-refractivity contribution in [2.45, 2.75) is 32.1 Å². The fourth-order valence-electron chi connectivity index (χ4n) is 4.01. The van der Waals surface area contributed by atoms with Crippen LogP contribution in [-0.4, -0.2) is 85.4 Å². The Hall–Kier alpha value is -1.92. The van der Waals surface area contributed by atoms with Gasteiger partial charge in [-0.3, -0.25) is 19.4 Å². The predicted molar refractivity (Wildman–Crippen MR) is 111 cm³/mol. The number of likely N-dealkylation sites (N-methyl/N-ethyl adjacent to an activating group) is 1. The minimum absolute atomic E-state index is 0.106. The lowest BCUT2D eigenvalue weighted by atomic mass is 9.96. The Morgan fingerprint density at radius 3 is 2.07 bits per heavy atom. The molecule has 1 saturated carbocycles. The molecule has 1 saturated heterocycles. The lowest BCUT2D eigenvalue weighted by Gasteiger charge is -2.34. The molecule has 2 aliphatic rings. The molecule has 28 heavy (non-hydrogen) atoms. The molecule has 0 spiro atoms. The van der Waals surface area contributed by atoms with E-state index in [1.807, 2.05) is 24.8 Å². The summed E-state index contributed by atoms with van der Waals surface area (Å²) in [7, 11) is 0. The van der Waals surface area contributed by atoms with E-state index in [4.69, 9.17) is 0 Å². The van der Waals surface area contributed by atoms with Gasteiger partial charge in [0.2, 0.25) is 11.8 Å². The average Bonchev–Trinajstić information content (AvgIpc) is 3.51. The monoisotopic (exact) mass is 386 g/mol. The van der Waals surface area contributed by atoms with Crippen LogP contribution in [0.1, 0.15) is 32.3 Å². The van der Waals surface area contributed by atoms with Crippen LogP contribution in [-0.2, 0) is 15.0 Å². The standard InChI is InChI=1S/C22H34N4O2/c1-3-26(4-2)21(28)17-25-14-12-24(13-15-25)16-20(27)23-18-22(10-11-22)19-8-6-5-7-9-19/h5-9H,3-4,10-18H2,1-2H3,(H,23,27). The highest BCUT2D eigenvalue weighted by Gasteiger charge is 2.44. The van der Waals surface area contributed by atoms with E-state index < -0.39 is 0 Å². The first-order valence-electron chi connectivity index (χ1n) is 10.6. The van der Waals surface area contributed by atoms with Gasteiger partial charge < -0.3 is 10.2 Å². The summed E-state index contributed by atoms with van der Waals surface area (Å²) in [5.41, 5.74) is 1.49. The fourth-order valence-corrected chi connectivity index (χ4v) is 4.01. The summed E-state index contributed by atoms with van der Waals surface area (Å²) in [4.78, 5) is 30.9. The molecule has 1 heterocycles. The molecular formula is C22H34N4O2. The van der Waals surface area contributed by atoms with Crippen LogP contribution in [0.5, 0.6) is 0 Å². The number of hydrogen-bond donors (Lipinski definition) is 1. The third-order valence-corrected chi connectivity index (χ3v) is 6.17. The molecule has 1 aliphatic heterocycles. The largest absolute Gasteiger partial charge is 0.354 e. The van der Waals surface area contributed by atoms with Crippen molar-refractivity contribution >= 4 is 11.8 Å². The van der Waals surface area contributed by atoms with Gasteiger partial charge in [0, 0.05) is 51.2 Å². The quantitative estimate of drug-likeness (QED) is 0.696. The van der Waals surface area contributed by atoms with Gasteiger partial charge in [0.1, 0.15) is 0 Å². The molecule has 0 atom stereocenters. The van der Waals surface area contributed by atoms with Gasteiger partial charge in [-0.1, -0.05) is 30.3 Å². The molecule has 6 nitrogen and oxygen atoms in total. The molecule has 154 valence electrons. The Bertz CT molecular complexity index is 648. The van der Waals surface area contributed by atoms with Crippen molar-refractivity contribution in [2.24, 2.45) is 0 Å². The second-order valence-electron chi connectivity index (χ2n) is 8.04. The zero-order valence-electron chi connectivity index (χ0n) is 17.3. The first-order valence-corrected chi connectivity index (χ1v) is 10.6. The van der Waals surface area contributed by atoms with Gasteiger partial charge in [0.25, 0.3) is 0 Å². The van der Waals surface area contributed by atoms with E-state index in [2.05, 4.69) is 39.4 Å². The van der Waals surface area contributed by atoms with Gasteiger partial charge in [-0.15, -0.1) is 0 Å². The number of amides is 2. The van der Waals surface area contributed by atoms with E-state index in [1.54, 1.807) is 0 Å². The van der Waals surface area contributed by atoms with Crippen LogP contribution in [0.4, 0.5) is 0 Å². The molecule has 0 unspecified atom stereocenters. The normalized spacial score (nSPS) is 19.2. The summed E-state index contributed by atoms with van der Waals surface area (Å²) in [6.45, 7) is 10.6. The third kappa shape index (κ3) is 5.32. The first-order chi connectivity index (χ1) is 13.6. The zero-order valence-corrected chi connectivity index (χ0v) is 17.3. The minimum atomic E-state index is 0.106. The van der Waals surface area contributed by atoms with Gasteiger partial charge in [0.05, 0.1) is 13.1 Å². The minimum Gasteiger partial charge on any atom is -0.354 e. The van der Waals surface area contributed by atoms with Crippen molar-refractivity contribution in [3.05, 3.63) is 35.9 Å². The van der Waals surface area contributed by atoms with Crippen molar-refractivity contribution in [3.8, 4) is 0 Å². The lowest BCUT2D eigenvalue weighted by Crippen LogP contribution is -2.52. The topological polar surface area (TPSA) is 55.9 Å². The molecular weight excluding hydrogens is 352 g/mol. The first kappa shape index (κ1) is 20.8. The number of benzene rings is 1. The zero-order chi connectivity index (χ0) is 20.0. The molecule has 0 radical (unpaired) electrons. The fraction of sp³-hybridized carbons (Fsp3) is 0.636. The van der Waals surface area contributed by atoms with E-state index in [1.165, 1.54) is 5.56 Å². The van der Waals surface area contributed by atoms with E-state index in [9.17, 15) is 9.59 Å². The van der Waals surface area contributed by atoms with E-state index in [0.717, 1.165) is 58.7 Å². The third-order valence-electron chi connectivity index (χ3n) is 6.17. The van der Waals surface area contributed by atoms with Crippen molar-refractivity contribution in [1.29, 1.82) is 0 Å². The van der Waals surface area contributed by atoms with Crippen LogP contribution in [0.15, 0.2) is 30.3 Å². The van der Waals surface area contributed by atoms with Gasteiger partial charge in [-0.25, -0.2) is 0 Å². The molecule has 6 heteroatoms. The predicted octanol–water partition coefficient (Wildman–Crippen LogP) is 1.32. The molecule has 2 amide bonds. The van der Waals surface area contributed by atoms with E-state index in [-0.39, 0.29) is 17.2 Å². The number of rotatable bonds is 9. The highest BCUT2D eigenvalue weighted by Crippen LogP contribution is 2.47. The van der Waals surface area contributed by atoms with Gasteiger partial charge in [-0.2, -0.15) is 0 Å². The summed E-state index contributed by atoms with van der Waals surface area (Å²) < 4.78 is 0. The van der Waals surface area contributed by atoms with Crippen LogP contribution >= 0.6 is 0 Å². The van der Waals surface area contributed by atoms with Crippen molar-refractivity contribution in [2.75, 3.05) is 58.9 Å². The summed E-state index contributed by atoms with van der Waals surface area (Å²) in [6, 6.07) is 10.5. The maximum Gasteiger partial charge on any atom is 0.236 e. The number of nitrogens with zero attached hydrogens (tertiary/aromatic N) is 3. The Balaban J connectivity index is 1.37. The molecule has 0 aromatic heterocycles. The molecule has 1 aromatic rings.